The fourth-order valence-electron chi connectivity index (χ4n) is 2.51. The molecule has 88 valence electrons. The molecular formula is C14H22N2. The lowest BCUT2D eigenvalue weighted by Crippen LogP contribution is -2.28. The van der Waals surface area contributed by atoms with E-state index in [1.54, 1.807) is 11.1 Å². The average molecular weight is 218 g/mol. The van der Waals surface area contributed by atoms with Gasteiger partial charge in [-0.3, -0.25) is 4.90 Å². The van der Waals surface area contributed by atoms with Gasteiger partial charge in [-0.1, -0.05) is 25.1 Å². The number of nitrogens with two attached hydrogens (primary N) is 1. The summed E-state index contributed by atoms with van der Waals surface area (Å²) in [7, 11) is 0. The van der Waals surface area contributed by atoms with E-state index in [2.05, 4.69) is 30.0 Å². The number of hydrogen-bond acceptors (Lipinski definition) is 2. The van der Waals surface area contributed by atoms with Crippen molar-refractivity contribution in [3.63, 3.8) is 0 Å². The number of hydrogen-bond donors (Lipinski definition) is 1. The maximum atomic E-state index is 5.61. The molecule has 1 aromatic carbocycles. The van der Waals surface area contributed by atoms with Gasteiger partial charge in [-0.05, 0) is 42.5 Å². The van der Waals surface area contributed by atoms with Gasteiger partial charge in [-0.2, -0.15) is 0 Å². The molecule has 0 atom stereocenters. The Morgan fingerprint density at radius 1 is 1.25 bits per heavy atom. The molecule has 16 heavy (non-hydrogen) atoms. The summed E-state index contributed by atoms with van der Waals surface area (Å²) in [5, 5.41) is 0. The van der Waals surface area contributed by atoms with Gasteiger partial charge in [-0.15, -0.1) is 0 Å². The number of rotatable bonds is 5. The molecular weight excluding hydrogens is 196 g/mol. The second kappa shape index (κ2) is 5.46. The van der Waals surface area contributed by atoms with E-state index < -0.39 is 0 Å². The normalized spacial score (nSPS) is 14.4. The Morgan fingerprint density at radius 2 is 2.06 bits per heavy atom. The van der Waals surface area contributed by atoms with Gasteiger partial charge in [-0.25, -0.2) is 0 Å². The molecule has 0 bridgehead atoms. The van der Waals surface area contributed by atoms with Gasteiger partial charge in [0, 0.05) is 19.6 Å². The highest BCUT2D eigenvalue weighted by Crippen LogP contribution is 2.23. The molecule has 0 heterocycles. The zero-order valence-electron chi connectivity index (χ0n) is 10.2. The van der Waals surface area contributed by atoms with Crippen LogP contribution in [0.1, 0.15) is 30.0 Å². The predicted molar refractivity (Wildman–Crippen MR) is 68.5 cm³/mol. The van der Waals surface area contributed by atoms with Crippen LogP contribution in [0.3, 0.4) is 0 Å². The van der Waals surface area contributed by atoms with E-state index in [4.69, 9.17) is 5.73 Å². The van der Waals surface area contributed by atoms with E-state index in [0.717, 1.165) is 26.2 Å². The molecule has 2 nitrogen and oxygen atoms in total. The van der Waals surface area contributed by atoms with Crippen molar-refractivity contribution in [2.75, 3.05) is 19.6 Å². The van der Waals surface area contributed by atoms with Gasteiger partial charge in [0.1, 0.15) is 0 Å². The van der Waals surface area contributed by atoms with E-state index in [9.17, 15) is 0 Å². The van der Waals surface area contributed by atoms with Crippen molar-refractivity contribution in [1.29, 1.82) is 0 Å². The summed E-state index contributed by atoms with van der Waals surface area (Å²) >= 11 is 0. The summed E-state index contributed by atoms with van der Waals surface area (Å²) in [5.74, 6) is 0. The van der Waals surface area contributed by atoms with Crippen molar-refractivity contribution in [3.8, 4) is 0 Å². The quantitative estimate of drug-likeness (QED) is 0.818. The van der Waals surface area contributed by atoms with Gasteiger partial charge in [0.15, 0.2) is 0 Å². The van der Waals surface area contributed by atoms with Crippen LogP contribution in [0.4, 0.5) is 0 Å². The molecule has 0 aromatic heterocycles. The molecule has 0 fully saturated rings. The fourth-order valence-corrected chi connectivity index (χ4v) is 2.51. The smallest absolute Gasteiger partial charge is 0.0234 e. The third-order valence-electron chi connectivity index (χ3n) is 3.46. The first kappa shape index (κ1) is 11.6. The van der Waals surface area contributed by atoms with Crippen LogP contribution in [0.5, 0.6) is 0 Å². The minimum Gasteiger partial charge on any atom is -0.329 e. The lowest BCUT2D eigenvalue weighted by Gasteiger charge is -2.19. The first-order valence-corrected chi connectivity index (χ1v) is 6.36. The number of benzene rings is 1. The number of nitrogens with zero attached hydrogens (tertiary/aromatic N) is 1. The van der Waals surface area contributed by atoms with Crippen molar-refractivity contribution in [2.45, 2.75) is 32.7 Å². The summed E-state index contributed by atoms with van der Waals surface area (Å²) in [5.41, 5.74) is 10.2. The highest BCUT2D eigenvalue weighted by molar-refractivity contribution is 5.35. The molecule has 1 aliphatic rings. The SMILES string of the molecule is CCN(CCN)Cc1ccc2c(c1)CCC2. The van der Waals surface area contributed by atoms with Crippen molar-refractivity contribution in [2.24, 2.45) is 5.73 Å². The molecule has 0 amide bonds. The molecule has 1 aliphatic carbocycles. The van der Waals surface area contributed by atoms with Gasteiger partial charge < -0.3 is 5.73 Å². The van der Waals surface area contributed by atoms with Crippen molar-refractivity contribution >= 4 is 0 Å². The van der Waals surface area contributed by atoms with E-state index in [0.29, 0.717) is 0 Å². The predicted octanol–water partition coefficient (Wildman–Crippen LogP) is 1.96. The Morgan fingerprint density at radius 3 is 2.81 bits per heavy atom. The van der Waals surface area contributed by atoms with Crippen molar-refractivity contribution in [1.82, 2.24) is 4.90 Å². The largest absolute Gasteiger partial charge is 0.329 e. The third kappa shape index (κ3) is 2.63. The number of fused-ring (bicyclic) bond motifs is 1. The van der Waals surface area contributed by atoms with Crippen molar-refractivity contribution in [3.05, 3.63) is 34.9 Å². The van der Waals surface area contributed by atoms with Crippen LogP contribution in [0.25, 0.3) is 0 Å². The Hall–Kier alpha value is -0.860. The molecule has 0 spiro atoms. The van der Waals surface area contributed by atoms with Crippen LogP contribution in [0.15, 0.2) is 18.2 Å². The Labute approximate surface area is 98.4 Å². The molecule has 2 N–H and O–H groups in total. The highest BCUT2D eigenvalue weighted by Gasteiger charge is 2.11. The van der Waals surface area contributed by atoms with Crippen LogP contribution in [-0.4, -0.2) is 24.5 Å². The van der Waals surface area contributed by atoms with Crippen LogP contribution in [0.2, 0.25) is 0 Å². The van der Waals surface area contributed by atoms with Crippen molar-refractivity contribution < 1.29 is 0 Å². The fraction of sp³-hybridized carbons (Fsp3) is 0.571. The van der Waals surface area contributed by atoms with Crippen LogP contribution in [0, 0.1) is 0 Å². The second-order valence-electron chi connectivity index (χ2n) is 4.61. The average Bonchev–Trinajstić information content (AvgIpc) is 2.75. The first-order chi connectivity index (χ1) is 7.83. The Balaban J connectivity index is 2.04. The Kier molecular flexibility index (Phi) is 3.97. The van der Waals surface area contributed by atoms with Gasteiger partial charge in [0.05, 0.1) is 0 Å². The second-order valence-corrected chi connectivity index (χ2v) is 4.61. The van der Waals surface area contributed by atoms with Crippen LogP contribution >= 0.6 is 0 Å². The standard InChI is InChI=1S/C14H22N2/c1-2-16(9-8-15)11-12-6-7-13-4-3-5-14(13)10-12/h6-7,10H,2-5,8-9,11,15H2,1H3. The van der Waals surface area contributed by atoms with Gasteiger partial charge in [0.25, 0.3) is 0 Å². The van der Waals surface area contributed by atoms with Gasteiger partial charge >= 0.3 is 0 Å². The zero-order valence-corrected chi connectivity index (χ0v) is 10.2. The minimum atomic E-state index is 0.749. The summed E-state index contributed by atoms with van der Waals surface area (Å²) in [4.78, 5) is 2.40. The third-order valence-corrected chi connectivity index (χ3v) is 3.46. The first-order valence-electron chi connectivity index (χ1n) is 6.36. The monoisotopic (exact) mass is 218 g/mol. The van der Waals surface area contributed by atoms with Crippen LogP contribution in [-0.2, 0) is 19.4 Å². The highest BCUT2D eigenvalue weighted by atomic mass is 15.1. The maximum absolute atomic E-state index is 5.61. The lowest BCUT2D eigenvalue weighted by molar-refractivity contribution is 0.288. The molecule has 2 rings (SSSR count). The van der Waals surface area contributed by atoms with Crippen LogP contribution < -0.4 is 5.73 Å². The number of likely N-dealkylation sites (N-methyl/N-ethyl adjacent to an activating group) is 1. The van der Waals surface area contributed by atoms with E-state index in [1.807, 2.05) is 0 Å². The molecule has 0 saturated carbocycles. The zero-order chi connectivity index (χ0) is 11.4. The van der Waals surface area contributed by atoms with E-state index in [1.165, 1.54) is 24.8 Å². The summed E-state index contributed by atoms with van der Waals surface area (Å²) < 4.78 is 0. The minimum absolute atomic E-state index is 0.749. The van der Waals surface area contributed by atoms with E-state index in [-0.39, 0.29) is 0 Å². The maximum Gasteiger partial charge on any atom is 0.0234 e. The topological polar surface area (TPSA) is 29.3 Å². The summed E-state index contributed by atoms with van der Waals surface area (Å²) in [6.45, 7) is 6.06. The Bertz CT molecular complexity index is 347. The molecule has 0 aliphatic heterocycles. The molecule has 0 radical (unpaired) electrons. The molecule has 2 heteroatoms. The molecule has 1 aromatic rings. The lowest BCUT2D eigenvalue weighted by atomic mass is 10.1. The summed E-state index contributed by atoms with van der Waals surface area (Å²) in [6, 6.07) is 6.98. The number of aryl methyl sites for hydroxylation is 2. The summed E-state index contributed by atoms with van der Waals surface area (Å²) in [6.07, 6.45) is 3.88. The van der Waals surface area contributed by atoms with E-state index >= 15 is 0 Å². The molecule has 0 saturated heterocycles. The van der Waals surface area contributed by atoms with Gasteiger partial charge in [0.2, 0.25) is 0 Å². The molecule has 0 unspecified atom stereocenters.